The summed E-state index contributed by atoms with van der Waals surface area (Å²) in [5.41, 5.74) is 1.44. The minimum atomic E-state index is -0.426. The lowest BCUT2D eigenvalue weighted by molar-refractivity contribution is -0.0361. The third-order valence-electron chi connectivity index (χ3n) is 5.68. The maximum atomic E-state index is 14.0. The Morgan fingerprint density at radius 1 is 1.11 bits per heavy atom. The van der Waals surface area contributed by atoms with Crippen molar-refractivity contribution in [2.75, 3.05) is 19.7 Å². The van der Waals surface area contributed by atoms with Crippen LogP contribution in [0.15, 0.2) is 40.9 Å². The molecule has 0 amide bonds. The summed E-state index contributed by atoms with van der Waals surface area (Å²) >= 11 is 3.48. The molecule has 150 valence electrons. The van der Waals surface area contributed by atoms with Gasteiger partial charge in [-0.15, -0.1) is 0 Å². The second kappa shape index (κ2) is 8.47. The van der Waals surface area contributed by atoms with E-state index >= 15 is 0 Å². The normalized spacial score (nSPS) is 25.8. The Morgan fingerprint density at radius 2 is 1.96 bits per heavy atom. The van der Waals surface area contributed by atoms with Gasteiger partial charge in [0.25, 0.3) is 0 Å². The molecule has 2 aliphatic rings. The summed E-state index contributed by atoms with van der Waals surface area (Å²) in [6, 6.07) is 9.92. The van der Waals surface area contributed by atoms with Gasteiger partial charge in [0.2, 0.25) is 0 Å². The van der Waals surface area contributed by atoms with Crippen molar-refractivity contribution < 1.29 is 18.3 Å². The molecule has 0 radical (unpaired) electrons. The topological polar surface area (TPSA) is 21.7 Å². The van der Waals surface area contributed by atoms with Crippen LogP contribution in [0.3, 0.4) is 0 Å². The highest BCUT2D eigenvalue weighted by atomic mass is 79.9. The van der Waals surface area contributed by atoms with Crippen molar-refractivity contribution >= 4 is 15.9 Å². The molecule has 0 saturated carbocycles. The molecule has 2 heterocycles. The van der Waals surface area contributed by atoms with Crippen molar-refractivity contribution in [2.24, 2.45) is 0 Å². The van der Waals surface area contributed by atoms with Gasteiger partial charge >= 0.3 is 0 Å². The van der Waals surface area contributed by atoms with Crippen molar-refractivity contribution in [3.63, 3.8) is 0 Å². The molecule has 0 aromatic heterocycles. The van der Waals surface area contributed by atoms with Crippen LogP contribution in [-0.4, -0.2) is 36.7 Å². The first-order chi connectivity index (χ1) is 13.5. The van der Waals surface area contributed by atoms with Crippen LogP contribution in [0.2, 0.25) is 0 Å². The molecule has 0 N–H and O–H groups in total. The summed E-state index contributed by atoms with van der Waals surface area (Å²) in [6.45, 7) is 4.41. The van der Waals surface area contributed by atoms with Crippen LogP contribution in [-0.2, 0) is 4.74 Å². The molecule has 2 aromatic rings. The van der Waals surface area contributed by atoms with Crippen molar-refractivity contribution in [1.29, 1.82) is 0 Å². The average molecular weight is 452 g/mol. The molecular weight excluding hydrogens is 428 g/mol. The quantitative estimate of drug-likeness (QED) is 0.620. The van der Waals surface area contributed by atoms with Gasteiger partial charge in [0.05, 0.1) is 12.7 Å². The number of nitrogens with zero attached hydrogens (tertiary/aromatic N) is 1. The molecule has 2 saturated heterocycles. The SMILES string of the molecule is Cc1cc(Br)ccc1O[C@@H]1CCN([C@@H]2CC[C@@H](c3cc(F)ccc3F)OC2)C1. The minimum Gasteiger partial charge on any atom is -0.489 e. The molecule has 0 bridgehead atoms. The minimum absolute atomic E-state index is 0.165. The fourth-order valence-corrected chi connectivity index (χ4v) is 4.61. The molecule has 0 aliphatic carbocycles. The monoisotopic (exact) mass is 451 g/mol. The Hall–Kier alpha value is -1.50. The number of ether oxygens (including phenoxy) is 2. The molecule has 6 heteroatoms. The number of aryl methyl sites for hydroxylation is 1. The maximum absolute atomic E-state index is 14.0. The van der Waals surface area contributed by atoms with E-state index in [0.29, 0.717) is 24.6 Å². The van der Waals surface area contributed by atoms with Gasteiger partial charge in [-0.25, -0.2) is 8.78 Å². The Balaban J connectivity index is 1.31. The molecule has 3 atom stereocenters. The molecule has 3 nitrogen and oxygen atoms in total. The van der Waals surface area contributed by atoms with E-state index in [1.54, 1.807) is 0 Å². The molecule has 2 aromatic carbocycles. The Bertz CT molecular complexity index is 839. The second-order valence-corrected chi connectivity index (χ2v) is 8.57. The van der Waals surface area contributed by atoms with Crippen molar-refractivity contribution in [3.8, 4) is 5.75 Å². The number of hydrogen-bond donors (Lipinski definition) is 0. The van der Waals surface area contributed by atoms with Crippen molar-refractivity contribution in [2.45, 2.75) is 44.4 Å². The zero-order valence-corrected chi connectivity index (χ0v) is 17.4. The van der Waals surface area contributed by atoms with Crippen LogP contribution in [0.1, 0.15) is 36.5 Å². The van der Waals surface area contributed by atoms with Crippen LogP contribution in [0.5, 0.6) is 5.75 Å². The largest absolute Gasteiger partial charge is 0.489 e. The predicted octanol–water partition coefficient (Wildman–Crippen LogP) is 5.41. The summed E-state index contributed by atoms with van der Waals surface area (Å²) < 4.78 is 40.6. The summed E-state index contributed by atoms with van der Waals surface area (Å²) in [4.78, 5) is 2.40. The number of benzene rings is 2. The van der Waals surface area contributed by atoms with Gasteiger partial charge in [-0.2, -0.15) is 0 Å². The van der Waals surface area contributed by atoms with Crippen LogP contribution in [0, 0.1) is 18.6 Å². The predicted molar refractivity (Wildman–Crippen MR) is 108 cm³/mol. The van der Waals surface area contributed by atoms with Crippen LogP contribution < -0.4 is 4.74 Å². The third-order valence-corrected chi connectivity index (χ3v) is 6.17. The zero-order valence-electron chi connectivity index (χ0n) is 15.8. The van der Waals surface area contributed by atoms with Crippen LogP contribution in [0.4, 0.5) is 8.78 Å². The number of hydrogen-bond acceptors (Lipinski definition) is 3. The fourth-order valence-electron chi connectivity index (χ4n) is 4.14. The highest BCUT2D eigenvalue weighted by molar-refractivity contribution is 9.10. The molecule has 2 fully saturated rings. The van der Waals surface area contributed by atoms with Gasteiger partial charge in [0, 0.05) is 29.2 Å². The van der Waals surface area contributed by atoms with E-state index in [0.717, 1.165) is 47.8 Å². The Morgan fingerprint density at radius 3 is 2.71 bits per heavy atom. The van der Waals surface area contributed by atoms with E-state index in [2.05, 4.69) is 26.9 Å². The molecule has 28 heavy (non-hydrogen) atoms. The van der Waals surface area contributed by atoms with E-state index in [9.17, 15) is 8.78 Å². The lowest BCUT2D eigenvalue weighted by atomic mass is 9.98. The lowest BCUT2D eigenvalue weighted by Crippen LogP contribution is -2.41. The van der Waals surface area contributed by atoms with Gasteiger partial charge in [0.15, 0.2) is 0 Å². The highest BCUT2D eigenvalue weighted by Gasteiger charge is 2.33. The molecule has 4 rings (SSSR count). The number of halogens is 3. The Kier molecular flexibility index (Phi) is 5.99. The fraction of sp³-hybridized carbons (Fsp3) is 0.455. The van der Waals surface area contributed by atoms with Gasteiger partial charge in [-0.1, -0.05) is 15.9 Å². The van der Waals surface area contributed by atoms with E-state index in [1.165, 1.54) is 12.1 Å². The van der Waals surface area contributed by atoms with Crippen LogP contribution in [0.25, 0.3) is 0 Å². The number of likely N-dealkylation sites (tertiary alicyclic amines) is 1. The first-order valence-corrected chi connectivity index (χ1v) is 10.5. The summed E-state index contributed by atoms with van der Waals surface area (Å²) in [6.07, 6.45) is 2.38. The highest BCUT2D eigenvalue weighted by Crippen LogP contribution is 2.33. The van der Waals surface area contributed by atoms with Crippen molar-refractivity contribution in [1.82, 2.24) is 4.90 Å². The van der Waals surface area contributed by atoms with Crippen molar-refractivity contribution in [3.05, 3.63) is 63.6 Å². The summed E-state index contributed by atoms with van der Waals surface area (Å²) in [5, 5.41) is 0. The molecular formula is C22H24BrF2NO2. The van der Waals surface area contributed by atoms with Gasteiger partial charge in [-0.3, -0.25) is 4.90 Å². The smallest absolute Gasteiger partial charge is 0.129 e. The molecule has 2 aliphatic heterocycles. The van der Waals surface area contributed by atoms with Gasteiger partial charge < -0.3 is 9.47 Å². The zero-order chi connectivity index (χ0) is 19.7. The van der Waals surface area contributed by atoms with Crippen LogP contribution >= 0.6 is 15.9 Å². The third kappa shape index (κ3) is 4.39. The maximum Gasteiger partial charge on any atom is 0.129 e. The van der Waals surface area contributed by atoms with E-state index in [4.69, 9.17) is 9.47 Å². The average Bonchev–Trinajstić information content (AvgIpc) is 3.15. The Labute approximate surface area is 172 Å². The number of rotatable bonds is 4. The first-order valence-electron chi connectivity index (χ1n) is 9.73. The molecule has 0 spiro atoms. The standard InChI is InChI=1S/C22H24BrF2NO2/c1-14-10-15(23)2-6-21(14)28-18-8-9-26(12-18)17-4-7-22(27-13-17)19-11-16(24)3-5-20(19)25/h2-3,5-6,10-11,17-18,22H,4,7-9,12-13H2,1H3/t17-,18-,22+/m1/s1. The van der Waals surface area contributed by atoms with Gasteiger partial charge in [0.1, 0.15) is 23.5 Å². The van der Waals surface area contributed by atoms with E-state index in [-0.39, 0.29) is 12.2 Å². The second-order valence-electron chi connectivity index (χ2n) is 7.65. The molecule has 0 unspecified atom stereocenters. The summed E-state index contributed by atoms with van der Waals surface area (Å²) in [5.74, 6) is 0.103. The first kappa shape index (κ1) is 19.8. The summed E-state index contributed by atoms with van der Waals surface area (Å²) in [7, 11) is 0. The van der Waals surface area contributed by atoms with E-state index in [1.807, 2.05) is 19.1 Å². The van der Waals surface area contributed by atoms with E-state index < -0.39 is 11.6 Å². The van der Waals surface area contributed by atoms with Gasteiger partial charge in [-0.05, 0) is 68.1 Å². The lowest BCUT2D eigenvalue weighted by Gasteiger charge is -2.35.